The average Bonchev–Trinajstić information content (AvgIpc) is 3.14. The van der Waals surface area contributed by atoms with Crippen molar-refractivity contribution in [3.8, 4) is 0 Å². The minimum atomic E-state index is 0.446. The zero-order valence-electron chi connectivity index (χ0n) is 12.4. The molecule has 2 heterocycles. The normalized spacial score (nSPS) is 15.7. The zero-order valence-corrected chi connectivity index (χ0v) is 12.4. The molecule has 2 aromatic heterocycles. The fourth-order valence-corrected chi connectivity index (χ4v) is 2.65. The highest BCUT2D eigenvalue weighted by atomic mass is 16.5. The minimum Gasteiger partial charge on any atom is -0.376 e. The Morgan fingerprint density at radius 3 is 2.95 bits per heavy atom. The molecule has 114 valence electrons. The highest BCUT2D eigenvalue weighted by Crippen LogP contribution is 2.21. The van der Waals surface area contributed by atoms with Crippen LogP contribution in [-0.4, -0.2) is 45.7 Å². The molecule has 0 radical (unpaired) electrons. The van der Waals surface area contributed by atoms with Crippen molar-refractivity contribution in [3.63, 3.8) is 0 Å². The van der Waals surface area contributed by atoms with Crippen molar-refractivity contribution >= 4 is 22.9 Å². The maximum atomic E-state index is 5.85. The van der Waals surface area contributed by atoms with Gasteiger partial charge in [-0.05, 0) is 19.8 Å². The molecule has 1 saturated carbocycles. The summed E-state index contributed by atoms with van der Waals surface area (Å²) in [4.78, 5) is 16.1. The molecule has 0 amide bonds. The van der Waals surface area contributed by atoms with E-state index >= 15 is 0 Å². The van der Waals surface area contributed by atoms with Gasteiger partial charge in [0.15, 0.2) is 11.5 Å². The summed E-state index contributed by atoms with van der Waals surface area (Å²) < 4.78 is 5.85. The van der Waals surface area contributed by atoms with Crippen LogP contribution in [0.3, 0.4) is 0 Å². The zero-order chi connectivity index (χ0) is 14.5. The second-order valence-corrected chi connectivity index (χ2v) is 5.23. The van der Waals surface area contributed by atoms with E-state index in [0.717, 1.165) is 24.4 Å². The van der Waals surface area contributed by atoms with E-state index < -0.39 is 0 Å². The number of H-pyrrole nitrogens is 1. The van der Waals surface area contributed by atoms with Gasteiger partial charge in [0.25, 0.3) is 0 Å². The molecule has 0 saturated heterocycles. The second-order valence-electron chi connectivity index (χ2n) is 5.23. The maximum absolute atomic E-state index is 5.85. The number of hydrogen-bond donors (Lipinski definition) is 3. The largest absolute Gasteiger partial charge is 0.376 e. The van der Waals surface area contributed by atoms with Crippen molar-refractivity contribution in [1.29, 1.82) is 0 Å². The number of rotatable bonds is 7. The molecular formula is C14H22N6O. The number of imidazole rings is 1. The van der Waals surface area contributed by atoms with Gasteiger partial charge in [-0.2, -0.15) is 9.97 Å². The van der Waals surface area contributed by atoms with Gasteiger partial charge in [0, 0.05) is 13.1 Å². The molecule has 7 heteroatoms. The Kier molecular flexibility index (Phi) is 4.49. The third kappa shape index (κ3) is 3.41. The van der Waals surface area contributed by atoms with Crippen LogP contribution in [0, 0.1) is 0 Å². The summed E-state index contributed by atoms with van der Waals surface area (Å²) in [5.41, 5.74) is 1.50. The van der Waals surface area contributed by atoms with E-state index in [1.54, 1.807) is 6.33 Å². The minimum absolute atomic E-state index is 0.446. The first-order valence-corrected chi connectivity index (χ1v) is 7.67. The molecule has 1 fully saturated rings. The van der Waals surface area contributed by atoms with Crippen molar-refractivity contribution < 1.29 is 4.74 Å². The number of ether oxygens (including phenoxy) is 1. The number of aromatic amines is 1. The van der Waals surface area contributed by atoms with Gasteiger partial charge in [0.1, 0.15) is 5.52 Å². The van der Waals surface area contributed by atoms with E-state index in [2.05, 4.69) is 30.6 Å². The smallest absolute Gasteiger partial charge is 0.226 e. The van der Waals surface area contributed by atoms with Crippen LogP contribution in [0.2, 0.25) is 0 Å². The first kappa shape index (κ1) is 14.1. The van der Waals surface area contributed by atoms with Crippen LogP contribution in [0.25, 0.3) is 11.2 Å². The van der Waals surface area contributed by atoms with E-state index in [1.807, 2.05) is 6.92 Å². The van der Waals surface area contributed by atoms with Gasteiger partial charge in [0.05, 0.1) is 19.0 Å². The van der Waals surface area contributed by atoms with E-state index in [1.165, 1.54) is 25.7 Å². The van der Waals surface area contributed by atoms with Crippen molar-refractivity contribution in [1.82, 2.24) is 19.9 Å². The van der Waals surface area contributed by atoms with E-state index in [-0.39, 0.29) is 0 Å². The lowest BCUT2D eigenvalue weighted by Crippen LogP contribution is -2.16. The predicted molar refractivity (Wildman–Crippen MR) is 82.5 cm³/mol. The molecule has 0 spiro atoms. The van der Waals surface area contributed by atoms with Crippen LogP contribution in [0.5, 0.6) is 0 Å². The van der Waals surface area contributed by atoms with Crippen LogP contribution in [0.15, 0.2) is 6.33 Å². The first-order valence-electron chi connectivity index (χ1n) is 7.67. The Balaban J connectivity index is 1.60. The fraction of sp³-hybridized carbons (Fsp3) is 0.643. The summed E-state index contributed by atoms with van der Waals surface area (Å²) in [6.07, 6.45) is 7.07. The first-order chi connectivity index (χ1) is 10.4. The van der Waals surface area contributed by atoms with Gasteiger partial charge < -0.3 is 20.4 Å². The number of nitrogens with zero attached hydrogens (tertiary/aromatic N) is 3. The van der Waals surface area contributed by atoms with E-state index in [4.69, 9.17) is 4.74 Å². The molecule has 3 rings (SSSR count). The van der Waals surface area contributed by atoms with Gasteiger partial charge in [-0.1, -0.05) is 12.8 Å². The summed E-state index contributed by atoms with van der Waals surface area (Å²) >= 11 is 0. The topological polar surface area (TPSA) is 87.8 Å². The summed E-state index contributed by atoms with van der Waals surface area (Å²) in [5.74, 6) is 1.36. The van der Waals surface area contributed by atoms with E-state index in [0.29, 0.717) is 24.3 Å². The molecular weight excluding hydrogens is 268 g/mol. The molecule has 21 heavy (non-hydrogen) atoms. The molecule has 1 aliphatic carbocycles. The van der Waals surface area contributed by atoms with Crippen molar-refractivity contribution in [2.45, 2.75) is 38.7 Å². The van der Waals surface area contributed by atoms with Gasteiger partial charge in [0.2, 0.25) is 5.95 Å². The van der Waals surface area contributed by atoms with Crippen molar-refractivity contribution in [3.05, 3.63) is 6.33 Å². The third-order valence-corrected chi connectivity index (χ3v) is 3.67. The second kappa shape index (κ2) is 6.71. The van der Waals surface area contributed by atoms with Crippen LogP contribution >= 0.6 is 0 Å². The molecule has 0 atom stereocenters. The number of anilines is 2. The summed E-state index contributed by atoms with van der Waals surface area (Å²) in [7, 11) is 0. The maximum Gasteiger partial charge on any atom is 0.226 e. The standard InChI is InChI=1S/C14H22N6O/c1-2-15-14-19-12(11-13(20-14)18-9-17-11)16-7-8-21-10-5-3-4-6-10/h9-10H,2-8H2,1H3,(H3,15,16,17,18,19,20). The Morgan fingerprint density at radius 2 is 2.14 bits per heavy atom. The van der Waals surface area contributed by atoms with Crippen LogP contribution < -0.4 is 10.6 Å². The Bertz CT molecular complexity index is 578. The van der Waals surface area contributed by atoms with Crippen LogP contribution in [-0.2, 0) is 4.74 Å². The third-order valence-electron chi connectivity index (χ3n) is 3.67. The van der Waals surface area contributed by atoms with Crippen molar-refractivity contribution in [2.75, 3.05) is 30.3 Å². The number of aromatic nitrogens is 4. The SMILES string of the molecule is CCNc1nc(NCCOC2CCCC2)c2[nH]cnc2n1. The highest BCUT2D eigenvalue weighted by molar-refractivity contribution is 5.83. The lowest BCUT2D eigenvalue weighted by molar-refractivity contribution is 0.0659. The molecule has 3 N–H and O–H groups in total. The monoisotopic (exact) mass is 290 g/mol. The fourth-order valence-electron chi connectivity index (χ4n) is 2.65. The summed E-state index contributed by atoms with van der Waals surface area (Å²) in [6.45, 7) is 4.22. The molecule has 2 aromatic rings. The Labute approximate surface area is 123 Å². The Hall–Kier alpha value is -1.89. The van der Waals surface area contributed by atoms with Crippen LogP contribution in [0.4, 0.5) is 11.8 Å². The number of fused-ring (bicyclic) bond motifs is 1. The molecule has 0 unspecified atom stereocenters. The van der Waals surface area contributed by atoms with Gasteiger partial charge in [-0.15, -0.1) is 0 Å². The van der Waals surface area contributed by atoms with Gasteiger partial charge in [-0.25, -0.2) is 4.98 Å². The van der Waals surface area contributed by atoms with Gasteiger partial charge in [-0.3, -0.25) is 0 Å². The summed E-state index contributed by atoms with van der Waals surface area (Å²) in [5, 5.41) is 6.43. The lowest BCUT2D eigenvalue weighted by Gasteiger charge is -2.12. The highest BCUT2D eigenvalue weighted by Gasteiger charge is 2.15. The lowest BCUT2D eigenvalue weighted by atomic mass is 10.3. The molecule has 7 nitrogen and oxygen atoms in total. The molecule has 1 aliphatic rings. The van der Waals surface area contributed by atoms with Crippen LogP contribution in [0.1, 0.15) is 32.6 Å². The van der Waals surface area contributed by atoms with Gasteiger partial charge >= 0.3 is 0 Å². The summed E-state index contributed by atoms with van der Waals surface area (Å²) in [6, 6.07) is 0. The molecule has 0 bridgehead atoms. The Morgan fingerprint density at radius 1 is 1.29 bits per heavy atom. The molecule has 0 aromatic carbocycles. The van der Waals surface area contributed by atoms with Crippen molar-refractivity contribution in [2.24, 2.45) is 0 Å². The predicted octanol–water partition coefficient (Wildman–Crippen LogP) is 2.16. The number of nitrogens with one attached hydrogen (secondary N) is 3. The number of hydrogen-bond acceptors (Lipinski definition) is 6. The average molecular weight is 290 g/mol. The quantitative estimate of drug-likeness (QED) is 0.677. The van der Waals surface area contributed by atoms with E-state index in [9.17, 15) is 0 Å². The molecule has 0 aliphatic heterocycles.